The van der Waals surface area contributed by atoms with Crippen LogP contribution in [0.5, 0.6) is 11.5 Å². The van der Waals surface area contributed by atoms with E-state index in [1.807, 2.05) is 22.6 Å². The summed E-state index contributed by atoms with van der Waals surface area (Å²) in [5.74, 6) is 0.601. The predicted octanol–water partition coefficient (Wildman–Crippen LogP) is 4.20. The van der Waals surface area contributed by atoms with Crippen molar-refractivity contribution in [3.8, 4) is 11.5 Å². The van der Waals surface area contributed by atoms with E-state index >= 15 is 0 Å². The summed E-state index contributed by atoms with van der Waals surface area (Å²) in [5, 5.41) is 0. The van der Waals surface area contributed by atoms with Crippen LogP contribution in [0.1, 0.15) is 15.9 Å². The first-order valence-electron chi connectivity index (χ1n) is 6.15. The molecule has 2 aromatic carbocycles. The lowest BCUT2D eigenvalue weighted by Gasteiger charge is -2.19. The molecule has 0 bridgehead atoms. The molecule has 108 valence electrons. The van der Waals surface area contributed by atoms with Gasteiger partial charge in [-0.3, -0.25) is 4.79 Å². The Hall–Kier alpha value is -1.15. The summed E-state index contributed by atoms with van der Waals surface area (Å²) in [6.45, 7) is 0.943. The molecule has 0 atom stereocenters. The number of carbonyl (C=O) groups excluding carboxylic acids is 1. The fraction of sp³-hybridized carbons (Fsp3) is 0.133. The minimum atomic E-state index is -0.364. The molecule has 2 aromatic rings. The number of halogens is 3. The Kier molecular flexibility index (Phi) is 4.17. The Bertz CT molecular complexity index is 733. The average molecular weight is 463 g/mol. The van der Waals surface area contributed by atoms with Crippen molar-refractivity contribution in [3.63, 3.8) is 0 Å². The van der Waals surface area contributed by atoms with Crippen molar-refractivity contribution in [1.29, 1.82) is 0 Å². The van der Waals surface area contributed by atoms with E-state index in [9.17, 15) is 9.18 Å². The summed E-state index contributed by atoms with van der Waals surface area (Å²) in [6.07, 6.45) is 0. The SMILES string of the molecule is O=C(c1cc2c(cc1Br)OCCO2)c1ccc(F)cc1I. The zero-order valence-corrected chi connectivity index (χ0v) is 14.4. The van der Waals surface area contributed by atoms with Crippen LogP contribution in [0.25, 0.3) is 0 Å². The first kappa shape index (κ1) is 14.8. The third-order valence-corrected chi connectivity index (χ3v) is 4.60. The van der Waals surface area contributed by atoms with Crippen LogP contribution in [0.2, 0.25) is 0 Å². The van der Waals surface area contributed by atoms with Gasteiger partial charge in [0.05, 0.1) is 0 Å². The number of hydrogen-bond acceptors (Lipinski definition) is 3. The minimum absolute atomic E-state index is 0.191. The molecule has 0 aliphatic carbocycles. The molecule has 1 aliphatic rings. The molecular formula is C15H9BrFIO3. The number of rotatable bonds is 2. The van der Waals surface area contributed by atoms with Crippen LogP contribution in [0.15, 0.2) is 34.8 Å². The minimum Gasteiger partial charge on any atom is -0.486 e. The van der Waals surface area contributed by atoms with Crippen molar-refractivity contribution in [2.24, 2.45) is 0 Å². The van der Waals surface area contributed by atoms with Crippen LogP contribution in [0.4, 0.5) is 4.39 Å². The first-order chi connectivity index (χ1) is 10.1. The fourth-order valence-electron chi connectivity index (χ4n) is 2.06. The van der Waals surface area contributed by atoms with Gasteiger partial charge in [0.2, 0.25) is 0 Å². The Morgan fingerprint density at radius 1 is 1.10 bits per heavy atom. The third-order valence-electron chi connectivity index (χ3n) is 3.05. The van der Waals surface area contributed by atoms with Crippen molar-refractivity contribution in [3.05, 3.63) is 55.3 Å². The van der Waals surface area contributed by atoms with Crippen molar-refractivity contribution >= 4 is 44.3 Å². The number of fused-ring (bicyclic) bond motifs is 1. The summed E-state index contributed by atoms with van der Waals surface area (Å²) in [5.41, 5.74) is 0.915. The predicted molar refractivity (Wildman–Crippen MR) is 87.7 cm³/mol. The summed E-state index contributed by atoms with van der Waals surface area (Å²) in [6, 6.07) is 7.47. The van der Waals surface area contributed by atoms with Crippen molar-refractivity contribution < 1.29 is 18.7 Å². The highest BCUT2D eigenvalue weighted by Gasteiger charge is 2.21. The average Bonchev–Trinajstić information content (AvgIpc) is 2.46. The van der Waals surface area contributed by atoms with E-state index in [-0.39, 0.29) is 11.6 Å². The van der Waals surface area contributed by atoms with Crippen molar-refractivity contribution in [2.45, 2.75) is 0 Å². The zero-order chi connectivity index (χ0) is 15.0. The van der Waals surface area contributed by atoms with Gasteiger partial charge in [0.15, 0.2) is 17.3 Å². The molecular weight excluding hydrogens is 454 g/mol. The summed E-state index contributed by atoms with van der Waals surface area (Å²) in [7, 11) is 0. The van der Waals surface area contributed by atoms with Gasteiger partial charge in [-0.25, -0.2) is 4.39 Å². The van der Waals surface area contributed by atoms with Gasteiger partial charge in [-0.1, -0.05) is 0 Å². The van der Waals surface area contributed by atoms with Crippen molar-refractivity contribution in [2.75, 3.05) is 13.2 Å². The Balaban J connectivity index is 2.05. The van der Waals surface area contributed by atoms with Crippen LogP contribution >= 0.6 is 38.5 Å². The van der Waals surface area contributed by atoms with Crippen LogP contribution in [-0.4, -0.2) is 19.0 Å². The van der Waals surface area contributed by atoms with E-state index < -0.39 is 0 Å². The quantitative estimate of drug-likeness (QED) is 0.495. The molecule has 0 aromatic heterocycles. The molecule has 0 saturated heterocycles. The van der Waals surface area contributed by atoms with Gasteiger partial charge >= 0.3 is 0 Å². The van der Waals surface area contributed by atoms with E-state index in [2.05, 4.69) is 15.9 Å². The first-order valence-corrected chi connectivity index (χ1v) is 8.02. The van der Waals surface area contributed by atoms with Gasteiger partial charge in [-0.15, -0.1) is 0 Å². The van der Waals surface area contributed by atoms with Crippen LogP contribution in [0.3, 0.4) is 0 Å². The molecule has 0 N–H and O–H groups in total. The van der Waals surface area contributed by atoms with Crippen LogP contribution in [0, 0.1) is 9.39 Å². The third kappa shape index (κ3) is 2.91. The molecule has 0 spiro atoms. The van der Waals surface area contributed by atoms with E-state index in [0.29, 0.717) is 43.9 Å². The monoisotopic (exact) mass is 462 g/mol. The van der Waals surface area contributed by atoms with Gasteiger partial charge in [0, 0.05) is 19.2 Å². The highest BCUT2D eigenvalue weighted by Crippen LogP contribution is 2.36. The van der Waals surface area contributed by atoms with E-state index in [1.165, 1.54) is 18.2 Å². The molecule has 0 fully saturated rings. The Morgan fingerprint density at radius 3 is 2.43 bits per heavy atom. The number of hydrogen-bond donors (Lipinski definition) is 0. The van der Waals surface area contributed by atoms with E-state index in [4.69, 9.17) is 9.47 Å². The highest BCUT2D eigenvalue weighted by atomic mass is 127. The molecule has 0 amide bonds. The van der Waals surface area contributed by atoms with Gasteiger partial charge < -0.3 is 9.47 Å². The van der Waals surface area contributed by atoms with Gasteiger partial charge in [0.25, 0.3) is 0 Å². The fourth-order valence-corrected chi connectivity index (χ4v) is 3.28. The second-order valence-corrected chi connectivity index (χ2v) is 6.45. The molecule has 0 unspecified atom stereocenters. The van der Waals surface area contributed by atoms with E-state index in [0.717, 1.165) is 0 Å². The van der Waals surface area contributed by atoms with Crippen molar-refractivity contribution in [1.82, 2.24) is 0 Å². The Labute approximate surface area is 142 Å². The molecule has 1 aliphatic heterocycles. The van der Waals surface area contributed by atoms with Crippen LogP contribution < -0.4 is 9.47 Å². The molecule has 0 saturated carbocycles. The molecule has 3 nitrogen and oxygen atoms in total. The van der Waals surface area contributed by atoms with Gasteiger partial charge in [-0.05, 0) is 68.9 Å². The largest absolute Gasteiger partial charge is 0.486 e. The number of carbonyl (C=O) groups is 1. The number of ketones is 1. The lowest BCUT2D eigenvalue weighted by molar-refractivity contribution is 0.103. The van der Waals surface area contributed by atoms with E-state index in [1.54, 1.807) is 12.1 Å². The topological polar surface area (TPSA) is 35.5 Å². The molecule has 0 radical (unpaired) electrons. The lowest BCUT2D eigenvalue weighted by Crippen LogP contribution is -2.16. The maximum atomic E-state index is 13.2. The zero-order valence-electron chi connectivity index (χ0n) is 10.7. The van der Waals surface area contributed by atoms with Gasteiger partial charge in [-0.2, -0.15) is 0 Å². The second-order valence-electron chi connectivity index (χ2n) is 4.43. The maximum absolute atomic E-state index is 13.2. The summed E-state index contributed by atoms with van der Waals surface area (Å²) < 4.78 is 25.3. The Morgan fingerprint density at radius 2 is 1.76 bits per heavy atom. The smallest absolute Gasteiger partial charge is 0.195 e. The lowest BCUT2D eigenvalue weighted by atomic mass is 10.0. The summed E-state index contributed by atoms with van der Waals surface area (Å²) >= 11 is 5.33. The highest BCUT2D eigenvalue weighted by molar-refractivity contribution is 14.1. The van der Waals surface area contributed by atoms with Crippen LogP contribution in [-0.2, 0) is 0 Å². The van der Waals surface area contributed by atoms with Gasteiger partial charge in [0.1, 0.15) is 19.0 Å². The second kappa shape index (κ2) is 5.92. The molecule has 6 heteroatoms. The summed E-state index contributed by atoms with van der Waals surface area (Å²) in [4.78, 5) is 12.6. The number of benzene rings is 2. The number of ether oxygens (including phenoxy) is 2. The molecule has 21 heavy (non-hydrogen) atoms. The maximum Gasteiger partial charge on any atom is 0.195 e. The molecule has 1 heterocycles. The molecule has 3 rings (SSSR count). The normalized spacial score (nSPS) is 13.1. The standard InChI is InChI=1S/C15H9BrFIO3/c16-11-7-14-13(20-3-4-21-14)6-10(11)15(19)9-2-1-8(17)5-12(9)18/h1-2,5-7H,3-4H2.